The van der Waals surface area contributed by atoms with Gasteiger partial charge in [-0.2, -0.15) is 4.98 Å². The Labute approximate surface area is 211 Å². The third kappa shape index (κ3) is 4.64. The molecule has 5 aromatic rings. The standard InChI is InChI=1S/C27H22N4O6/c1-3-34-27(33)21-15(2)36-25-22(21)23(28)30-20(31-25)14-35-26(32)18-12-8-7-11-17(18)24-29-13-19(37-24)16-9-5-4-6-10-16/h4-13H,3,14H2,1-2H3,(H2,28,30,31). The number of rotatable bonds is 7. The third-order valence-electron chi connectivity index (χ3n) is 5.56. The zero-order valence-corrected chi connectivity index (χ0v) is 20.1. The Morgan fingerprint density at radius 3 is 2.49 bits per heavy atom. The number of benzene rings is 2. The molecule has 10 heteroatoms. The molecule has 37 heavy (non-hydrogen) atoms. The van der Waals surface area contributed by atoms with E-state index in [0.717, 1.165) is 5.56 Å². The highest BCUT2D eigenvalue weighted by atomic mass is 16.5. The Kier molecular flexibility index (Phi) is 6.38. The molecule has 0 aliphatic carbocycles. The molecule has 10 nitrogen and oxygen atoms in total. The summed E-state index contributed by atoms with van der Waals surface area (Å²) in [4.78, 5) is 38.1. The van der Waals surface area contributed by atoms with E-state index in [4.69, 9.17) is 24.0 Å². The van der Waals surface area contributed by atoms with Crippen LogP contribution in [0.5, 0.6) is 0 Å². The van der Waals surface area contributed by atoms with Gasteiger partial charge in [-0.25, -0.2) is 19.6 Å². The lowest BCUT2D eigenvalue weighted by Crippen LogP contribution is -2.10. The van der Waals surface area contributed by atoms with Crippen molar-refractivity contribution in [3.05, 3.63) is 83.5 Å². The molecule has 0 aliphatic rings. The molecule has 0 aliphatic heterocycles. The largest absolute Gasteiger partial charge is 0.462 e. The molecule has 5 rings (SSSR count). The molecule has 0 radical (unpaired) electrons. The van der Waals surface area contributed by atoms with Crippen LogP contribution in [-0.4, -0.2) is 33.5 Å². The number of nitrogens with zero attached hydrogens (tertiary/aromatic N) is 3. The molecule has 0 saturated heterocycles. The minimum absolute atomic E-state index is 0.0181. The number of carbonyl (C=O) groups is 2. The Hall–Kier alpha value is -4.99. The zero-order valence-electron chi connectivity index (χ0n) is 20.1. The number of oxazole rings is 1. The molecular weight excluding hydrogens is 476 g/mol. The van der Waals surface area contributed by atoms with Crippen LogP contribution in [0.25, 0.3) is 33.9 Å². The summed E-state index contributed by atoms with van der Waals surface area (Å²) in [5, 5.41) is 0.259. The first kappa shape index (κ1) is 23.7. The molecule has 0 fully saturated rings. The fourth-order valence-electron chi connectivity index (χ4n) is 3.89. The zero-order chi connectivity index (χ0) is 25.9. The van der Waals surface area contributed by atoms with E-state index in [1.54, 1.807) is 44.3 Å². The first-order chi connectivity index (χ1) is 18.0. The number of esters is 2. The molecular formula is C27H22N4O6. The van der Waals surface area contributed by atoms with Crippen molar-refractivity contribution in [1.29, 1.82) is 0 Å². The Balaban J connectivity index is 1.37. The number of furan rings is 1. The number of ether oxygens (including phenoxy) is 2. The lowest BCUT2D eigenvalue weighted by atomic mass is 10.1. The van der Waals surface area contributed by atoms with Gasteiger partial charge in [-0.1, -0.05) is 42.5 Å². The lowest BCUT2D eigenvalue weighted by molar-refractivity contribution is 0.0462. The molecule has 2 aromatic carbocycles. The van der Waals surface area contributed by atoms with E-state index in [1.165, 1.54) is 0 Å². The number of carbonyl (C=O) groups excluding carboxylic acids is 2. The van der Waals surface area contributed by atoms with Gasteiger partial charge in [0.1, 0.15) is 17.1 Å². The minimum Gasteiger partial charge on any atom is -0.462 e. The summed E-state index contributed by atoms with van der Waals surface area (Å²) in [5.41, 5.74) is 7.98. The molecule has 0 atom stereocenters. The van der Waals surface area contributed by atoms with Gasteiger partial charge >= 0.3 is 11.9 Å². The predicted octanol–water partition coefficient (Wildman–Crippen LogP) is 4.97. The molecule has 0 amide bonds. The maximum absolute atomic E-state index is 13.0. The van der Waals surface area contributed by atoms with Gasteiger partial charge in [0.2, 0.25) is 11.6 Å². The van der Waals surface area contributed by atoms with Crippen molar-refractivity contribution in [2.24, 2.45) is 0 Å². The lowest BCUT2D eigenvalue weighted by Gasteiger charge is -2.08. The highest BCUT2D eigenvalue weighted by molar-refractivity contribution is 6.07. The number of hydrogen-bond donors (Lipinski definition) is 1. The number of nitrogens with two attached hydrogens (primary N) is 1. The molecule has 186 valence electrons. The van der Waals surface area contributed by atoms with Crippen LogP contribution >= 0.6 is 0 Å². The number of nitrogen functional groups attached to an aromatic ring is 1. The second-order valence-corrected chi connectivity index (χ2v) is 7.98. The van der Waals surface area contributed by atoms with Crippen molar-refractivity contribution in [3.63, 3.8) is 0 Å². The summed E-state index contributed by atoms with van der Waals surface area (Å²) in [6.45, 7) is 3.23. The van der Waals surface area contributed by atoms with Crippen molar-refractivity contribution in [2.45, 2.75) is 20.5 Å². The molecule has 2 N–H and O–H groups in total. The van der Waals surface area contributed by atoms with Gasteiger partial charge in [0, 0.05) is 5.56 Å². The third-order valence-corrected chi connectivity index (χ3v) is 5.56. The summed E-state index contributed by atoms with van der Waals surface area (Å²) < 4.78 is 22.1. The number of fused-ring (bicyclic) bond motifs is 1. The quantitative estimate of drug-likeness (QED) is 0.305. The minimum atomic E-state index is -0.625. The van der Waals surface area contributed by atoms with Crippen LogP contribution in [0.2, 0.25) is 0 Å². The van der Waals surface area contributed by atoms with E-state index in [2.05, 4.69) is 15.0 Å². The van der Waals surface area contributed by atoms with E-state index in [-0.39, 0.29) is 53.0 Å². The van der Waals surface area contributed by atoms with Gasteiger partial charge in [0.25, 0.3) is 0 Å². The smallest absolute Gasteiger partial charge is 0.342 e. The second-order valence-electron chi connectivity index (χ2n) is 7.98. The molecule has 0 bridgehead atoms. The van der Waals surface area contributed by atoms with E-state index >= 15 is 0 Å². The Morgan fingerprint density at radius 1 is 0.946 bits per heavy atom. The van der Waals surface area contributed by atoms with Crippen molar-refractivity contribution in [2.75, 3.05) is 12.3 Å². The van der Waals surface area contributed by atoms with Crippen LogP contribution in [0, 0.1) is 6.92 Å². The van der Waals surface area contributed by atoms with E-state index in [0.29, 0.717) is 17.1 Å². The monoisotopic (exact) mass is 498 g/mol. The van der Waals surface area contributed by atoms with Crippen molar-refractivity contribution in [1.82, 2.24) is 15.0 Å². The molecule has 0 unspecified atom stereocenters. The van der Waals surface area contributed by atoms with Crippen LogP contribution in [0.15, 0.2) is 69.6 Å². The van der Waals surface area contributed by atoms with E-state index in [9.17, 15) is 9.59 Å². The molecule has 3 aromatic heterocycles. The molecule has 0 spiro atoms. The van der Waals surface area contributed by atoms with Crippen LogP contribution < -0.4 is 5.73 Å². The maximum Gasteiger partial charge on any atom is 0.342 e. The fraction of sp³-hybridized carbons (Fsp3) is 0.148. The van der Waals surface area contributed by atoms with Gasteiger partial charge < -0.3 is 24.0 Å². The topological polar surface area (TPSA) is 144 Å². The highest BCUT2D eigenvalue weighted by Crippen LogP contribution is 2.30. The van der Waals surface area contributed by atoms with Crippen LogP contribution in [0.4, 0.5) is 5.82 Å². The fourth-order valence-corrected chi connectivity index (χ4v) is 3.89. The van der Waals surface area contributed by atoms with Crippen molar-refractivity contribution < 1.29 is 27.9 Å². The molecule has 0 saturated carbocycles. The van der Waals surface area contributed by atoms with E-state index < -0.39 is 11.9 Å². The van der Waals surface area contributed by atoms with Gasteiger partial charge in [-0.05, 0) is 26.0 Å². The van der Waals surface area contributed by atoms with Gasteiger partial charge in [-0.3, -0.25) is 0 Å². The van der Waals surface area contributed by atoms with Crippen LogP contribution in [0.1, 0.15) is 39.2 Å². The summed E-state index contributed by atoms with van der Waals surface area (Å²) in [5.74, 6) is 0.0927. The Bertz CT molecular complexity index is 1610. The van der Waals surface area contributed by atoms with E-state index in [1.807, 2.05) is 30.3 Å². The van der Waals surface area contributed by atoms with Crippen molar-refractivity contribution in [3.8, 4) is 22.8 Å². The second kappa shape index (κ2) is 9.94. The summed E-state index contributed by atoms with van der Waals surface area (Å²) in [6, 6.07) is 16.3. The van der Waals surface area contributed by atoms with Crippen molar-refractivity contribution >= 4 is 28.9 Å². The highest BCUT2D eigenvalue weighted by Gasteiger charge is 2.24. The number of anilines is 1. The average molecular weight is 498 g/mol. The normalized spacial score (nSPS) is 11.0. The number of aryl methyl sites for hydroxylation is 1. The molecule has 3 heterocycles. The first-order valence-corrected chi connectivity index (χ1v) is 11.5. The number of aromatic nitrogens is 3. The van der Waals surface area contributed by atoms with Crippen LogP contribution in [0.3, 0.4) is 0 Å². The first-order valence-electron chi connectivity index (χ1n) is 11.5. The summed E-state index contributed by atoms with van der Waals surface area (Å²) >= 11 is 0. The SMILES string of the molecule is CCOC(=O)c1c(C)oc2nc(COC(=O)c3ccccc3-c3ncc(-c4ccccc4)o3)nc(N)c12. The maximum atomic E-state index is 13.0. The van der Waals surface area contributed by atoms with Gasteiger partial charge in [-0.15, -0.1) is 0 Å². The van der Waals surface area contributed by atoms with Gasteiger partial charge in [0.15, 0.2) is 18.2 Å². The number of hydrogen-bond acceptors (Lipinski definition) is 10. The van der Waals surface area contributed by atoms with Crippen LogP contribution in [-0.2, 0) is 16.1 Å². The summed E-state index contributed by atoms with van der Waals surface area (Å²) in [7, 11) is 0. The summed E-state index contributed by atoms with van der Waals surface area (Å²) in [6.07, 6.45) is 1.61. The Morgan fingerprint density at radius 2 is 1.70 bits per heavy atom. The average Bonchev–Trinajstić information content (AvgIpc) is 3.53. The van der Waals surface area contributed by atoms with Gasteiger partial charge in [0.05, 0.1) is 29.3 Å². The predicted molar refractivity (Wildman–Crippen MR) is 133 cm³/mol.